The summed E-state index contributed by atoms with van der Waals surface area (Å²) >= 11 is 12.0. The number of rotatable bonds is 4. The van der Waals surface area contributed by atoms with E-state index in [-0.39, 0.29) is 0 Å². The van der Waals surface area contributed by atoms with E-state index in [4.69, 9.17) is 22.5 Å². The molecule has 1 rings (SSSR count). The van der Waals surface area contributed by atoms with Crippen LogP contribution in [-0.4, -0.2) is 17.9 Å². The number of hydrogen-bond donors (Lipinski definition) is 0. The van der Waals surface area contributed by atoms with Crippen molar-refractivity contribution < 1.29 is 0 Å². The summed E-state index contributed by atoms with van der Waals surface area (Å²) in [5, 5.41) is 0. The van der Waals surface area contributed by atoms with Crippen LogP contribution >= 0.6 is 29.1 Å². The first-order valence-corrected chi connectivity index (χ1v) is 7.76. The maximum Gasteiger partial charge on any atom is 0.0910 e. The molecule has 0 aromatic carbocycles. The van der Waals surface area contributed by atoms with Crippen molar-refractivity contribution in [1.82, 2.24) is 0 Å². The van der Waals surface area contributed by atoms with Gasteiger partial charge in [0.25, 0.3) is 0 Å². The molecule has 0 radical (unpaired) electrons. The van der Waals surface area contributed by atoms with E-state index in [9.17, 15) is 0 Å². The van der Waals surface area contributed by atoms with Crippen LogP contribution in [0, 0.1) is 5.41 Å². The van der Waals surface area contributed by atoms with Crippen LogP contribution in [0.25, 0.3) is 0 Å². The van der Waals surface area contributed by atoms with Crippen molar-refractivity contribution >= 4 is 34.8 Å². The summed E-state index contributed by atoms with van der Waals surface area (Å²) in [7, 11) is 0. The topological polar surface area (TPSA) is 12.4 Å². The third-order valence-electron chi connectivity index (χ3n) is 2.66. The second-order valence-electron chi connectivity index (χ2n) is 4.22. The quantitative estimate of drug-likeness (QED) is 0.509. The molecule has 1 aliphatic rings. The van der Waals surface area contributed by atoms with E-state index in [1.165, 1.54) is 12.8 Å². The Bertz CT molecular complexity index is 208. The molecular formula is C9H16Cl2NP. The maximum absolute atomic E-state index is 6.01. The minimum atomic E-state index is -0.883. The Kier molecular flexibility index (Phi) is 4.04. The van der Waals surface area contributed by atoms with E-state index < -0.39 is 6.63 Å². The second kappa shape index (κ2) is 4.47. The predicted octanol–water partition coefficient (Wildman–Crippen LogP) is 4.43. The maximum atomic E-state index is 6.01. The molecule has 1 saturated carbocycles. The van der Waals surface area contributed by atoms with Crippen molar-refractivity contribution in [2.24, 2.45) is 10.4 Å². The molecule has 4 heteroatoms. The van der Waals surface area contributed by atoms with Gasteiger partial charge in [0.1, 0.15) is 0 Å². The van der Waals surface area contributed by atoms with Crippen LogP contribution in [0.1, 0.15) is 33.6 Å². The SMILES string of the molecule is CC(C)=NCC(P(Cl)Cl)C1(C)CC1. The van der Waals surface area contributed by atoms with Gasteiger partial charge < -0.3 is 0 Å². The van der Waals surface area contributed by atoms with Crippen molar-refractivity contribution in [2.45, 2.75) is 39.3 Å². The van der Waals surface area contributed by atoms with Gasteiger partial charge in [-0.1, -0.05) is 29.4 Å². The lowest BCUT2D eigenvalue weighted by atomic mass is 10.1. The summed E-state index contributed by atoms with van der Waals surface area (Å²) in [4.78, 5) is 4.42. The molecule has 1 nitrogen and oxygen atoms in total. The summed E-state index contributed by atoms with van der Waals surface area (Å²) in [6.45, 7) is 6.20. The first kappa shape index (κ1) is 11.8. The van der Waals surface area contributed by atoms with Crippen molar-refractivity contribution in [2.75, 3.05) is 6.54 Å². The highest BCUT2D eigenvalue weighted by atomic mass is 35.9. The first-order valence-electron chi connectivity index (χ1n) is 4.54. The number of nitrogens with zero attached hydrogens (tertiary/aromatic N) is 1. The molecule has 13 heavy (non-hydrogen) atoms. The van der Waals surface area contributed by atoms with Gasteiger partial charge in [0.05, 0.1) is 6.63 Å². The van der Waals surface area contributed by atoms with Crippen LogP contribution in [-0.2, 0) is 0 Å². The monoisotopic (exact) mass is 239 g/mol. The lowest BCUT2D eigenvalue weighted by Gasteiger charge is -2.22. The number of hydrogen-bond acceptors (Lipinski definition) is 1. The van der Waals surface area contributed by atoms with Gasteiger partial charge >= 0.3 is 0 Å². The Morgan fingerprint density at radius 1 is 1.46 bits per heavy atom. The van der Waals surface area contributed by atoms with Crippen LogP contribution in [0.4, 0.5) is 0 Å². The Morgan fingerprint density at radius 2 is 2.00 bits per heavy atom. The van der Waals surface area contributed by atoms with E-state index in [1.54, 1.807) is 0 Å². The average molecular weight is 240 g/mol. The highest BCUT2D eigenvalue weighted by molar-refractivity contribution is 8.04. The number of halogens is 2. The van der Waals surface area contributed by atoms with Crippen LogP contribution in [0.15, 0.2) is 4.99 Å². The largest absolute Gasteiger partial charge is 0.294 e. The zero-order valence-corrected chi connectivity index (χ0v) is 10.8. The van der Waals surface area contributed by atoms with Crippen LogP contribution in [0.2, 0.25) is 0 Å². The van der Waals surface area contributed by atoms with Gasteiger partial charge in [0, 0.05) is 17.9 Å². The van der Waals surface area contributed by atoms with Crippen LogP contribution in [0.3, 0.4) is 0 Å². The third-order valence-corrected chi connectivity index (χ3v) is 5.33. The molecule has 0 heterocycles. The first-order chi connectivity index (χ1) is 5.96. The van der Waals surface area contributed by atoms with Gasteiger partial charge in [-0.2, -0.15) is 0 Å². The van der Waals surface area contributed by atoms with Gasteiger partial charge in [0.15, 0.2) is 0 Å². The summed E-state index contributed by atoms with van der Waals surface area (Å²) < 4.78 is 0. The molecular weight excluding hydrogens is 224 g/mol. The van der Waals surface area contributed by atoms with Gasteiger partial charge in [0.2, 0.25) is 0 Å². The van der Waals surface area contributed by atoms with E-state index in [2.05, 4.69) is 11.9 Å². The molecule has 1 unspecified atom stereocenters. The minimum absolute atomic E-state index is 0.383. The molecule has 76 valence electrons. The van der Waals surface area contributed by atoms with E-state index >= 15 is 0 Å². The van der Waals surface area contributed by atoms with Gasteiger partial charge in [-0.05, 0) is 32.1 Å². The van der Waals surface area contributed by atoms with Crippen LogP contribution in [0.5, 0.6) is 0 Å². The zero-order chi connectivity index (χ0) is 10.1. The fourth-order valence-corrected chi connectivity index (χ4v) is 4.04. The van der Waals surface area contributed by atoms with Gasteiger partial charge in [-0.3, -0.25) is 4.99 Å². The fourth-order valence-electron chi connectivity index (χ4n) is 1.32. The van der Waals surface area contributed by atoms with Crippen molar-refractivity contribution in [3.63, 3.8) is 0 Å². The van der Waals surface area contributed by atoms with Crippen LogP contribution < -0.4 is 0 Å². The molecule has 0 amide bonds. The standard InChI is InChI=1S/C9H16Cl2NP/c1-7(2)12-6-8(13(10)11)9(3)4-5-9/h8H,4-6H2,1-3H3. The molecule has 0 aromatic rings. The molecule has 0 aliphatic heterocycles. The fraction of sp³-hybridized carbons (Fsp3) is 0.889. The smallest absolute Gasteiger partial charge is 0.0910 e. The molecule has 1 fully saturated rings. The summed E-state index contributed by atoms with van der Waals surface area (Å²) in [6, 6.07) is 0. The van der Waals surface area contributed by atoms with E-state index in [0.717, 1.165) is 12.3 Å². The van der Waals surface area contributed by atoms with Crippen molar-refractivity contribution in [3.8, 4) is 0 Å². The molecule has 0 spiro atoms. The number of aliphatic imine (C=N–C) groups is 1. The normalized spacial score (nSPS) is 21.4. The Hall–Kier alpha value is 0.680. The third kappa shape index (κ3) is 3.38. The Labute approximate surface area is 91.2 Å². The Morgan fingerprint density at radius 3 is 2.31 bits per heavy atom. The van der Waals surface area contributed by atoms with Gasteiger partial charge in [-0.25, -0.2) is 0 Å². The minimum Gasteiger partial charge on any atom is -0.294 e. The van der Waals surface area contributed by atoms with E-state index in [1.807, 2.05) is 13.8 Å². The summed E-state index contributed by atoms with van der Waals surface area (Å²) in [5.41, 5.74) is 1.88. The van der Waals surface area contributed by atoms with Crippen molar-refractivity contribution in [3.05, 3.63) is 0 Å². The summed E-state index contributed by atoms with van der Waals surface area (Å²) in [5.74, 6) is 0. The molecule has 1 atom stereocenters. The highest BCUT2D eigenvalue weighted by Gasteiger charge is 2.47. The molecule has 1 aliphatic carbocycles. The zero-order valence-electron chi connectivity index (χ0n) is 8.35. The van der Waals surface area contributed by atoms with Gasteiger partial charge in [-0.15, -0.1) is 0 Å². The summed E-state index contributed by atoms with van der Waals surface area (Å²) in [6.07, 6.45) is 2.52. The molecule has 0 bridgehead atoms. The predicted molar refractivity (Wildman–Crippen MR) is 63.4 cm³/mol. The second-order valence-corrected chi connectivity index (χ2v) is 8.06. The lowest BCUT2D eigenvalue weighted by molar-refractivity contribution is 0.542. The Balaban J connectivity index is 2.54. The lowest BCUT2D eigenvalue weighted by Crippen LogP contribution is -2.18. The average Bonchev–Trinajstić information content (AvgIpc) is 2.67. The van der Waals surface area contributed by atoms with Crippen molar-refractivity contribution in [1.29, 1.82) is 0 Å². The highest BCUT2D eigenvalue weighted by Crippen LogP contribution is 2.65. The molecule has 0 N–H and O–H groups in total. The molecule has 0 saturated heterocycles. The van der Waals surface area contributed by atoms with E-state index in [0.29, 0.717) is 11.1 Å². The molecule has 0 aromatic heterocycles.